The molecule has 1 saturated heterocycles. The summed E-state index contributed by atoms with van der Waals surface area (Å²) in [7, 11) is 4.37. The van der Waals surface area contributed by atoms with Crippen LogP contribution in [0.15, 0.2) is 23.0 Å². The molecule has 1 aliphatic heterocycles. The maximum absolute atomic E-state index is 5.95. The van der Waals surface area contributed by atoms with Gasteiger partial charge in [0.15, 0.2) is 5.79 Å². The average Bonchev–Trinajstić information content (AvgIpc) is 3.14. The van der Waals surface area contributed by atoms with Gasteiger partial charge in [-0.3, -0.25) is 4.90 Å². The van der Waals surface area contributed by atoms with E-state index >= 15 is 0 Å². The first-order valence-electron chi connectivity index (χ1n) is 9.80. The molecule has 2 aliphatic carbocycles. The average molecular weight is 350 g/mol. The number of hydrogen-bond acceptors (Lipinski definition) is 4. The van der Waals surface area contributed by atoms with Crippen LogP contribution in [0.5, 0.6) is 0 Å². The van der Waals surface area contributed by atoms with Crippen molar-refractivity contribution in [3.63, 3.8) is 0 Å². The van der Waals surface area contributed by atoms with Gasteiger partial charge in [-0.1, -0.05) is 0 Å². The summed E-state index contributed by atoms with van der Waals surface area (Å²) >= 11 is 0. The minimum absolute atomic E-state index is 0.0364. The molecule has 0 spiro atoms. The largest absolute Gasteiger partial charge is 0.494 e. The van der Waals surface area contributed by atoms with E-state index in [1.54, 1.807) is 5.57 Å². The third-order valence-electron chi connectivity index (χ3n) is 6.70. The van der Waals surface area contributed by atoms with Gasteiger partial charge in [0.1, 0.15) is 5.76 Å². The molecule has 0 N–H and O–H groups in total. The Morgan fingerprint density at radius 2 is 1.76 bits per heavy atom. The Labute approximate surface area is 153 Å². The van der Waals surface area contributed by atoms with E-state index < -0.39 is 0 Å². The summed E-state index contributed by atoms with van der Waals surface area (Å²) in [6.45, 7) is 10.9. The van der Waals surface area contributed by atoms with Gasteiger partial charge in [0.2, 0.25) is 0 Å². The number of nitrogens with zero attached hydrogens (tertiary/aromatic N) is 1. The molecule has 0 radical (unpaired) electrons. The summed E-state index contributed by atoms with van der Waals surface area (Å²) in [6, 6.07) is 0. The van der Waals surface area contributed by atoms with Crippen LogP contribution >= 0.6 is 0 Å². The Bertz CT molecular complexity index is 568. The zero-order valence-corrected chi connectivity index (χ0v) is 16.9. The van der Waals surface area contributed by atoms with Gasteiger partial charge in [-0.15, -0.1) is 0 Å². The number of likely N-dealkylation sites (N-methyl/N-ethyl adjacent to an activating group) is 1. The van der Waals surface area contributed by atoms with Gasteiger partial charge in [-0.2, -0.15) is 0 Å². The van der Waals surface area contributed by atoms with Crippen molar-refractivity contribution in [3.8, 4) is 0 Å². The van der Waals surface area contributed by atoms with Crippen LogP contribution in [0.3, 0.4) is 0 Å². The molecule has 0 bridgehead atoms. The number of ether oxygens (including phenoxy) is 3. The van der Waals surface area contributed by atoms with Crippen LogP contribution in [0, 0.1) is 5.41 Å². The fourth-order valence-corrected chi connectivity index (χ4v) is 4.63. The normalized spacial score (nSPS) is 30.1. The van der Waals surface area contributed by atoms with E-state index in [2.05, 4.69) is 52.8 Å². The maximum Gasteiger partial charge on any atom is 0.165 e. The van der Waals surface area contributed by atoms with E-state index in [1.807, 2.05) is 0 Å². The molecule has 1 atom stereocenters. The van der Waals surface area contributed by atoms with E-state index in [9.17, 15) is 0 Å². The van der Waals surface area contributed by atoms with E-state index in [0.717, 1.165) is 38.4 Å². The van der Waals surface area contributed by atoms with Gasteiger partial charge in [0.25, 0.3) is 0 Å². The molecule has 0 amide bonds. The highest BCUT2D eigenvalue weighted by molar-refractivity contribution is 5.52. The van der Waals surface area contributed by atoms with Crippen molar-refractivity contribution in [1.29, 1.82) is 0 Å². The van der Waals surface area contributed by atoms with Crippen molar-refractivity contribution in [2.75, 3.05) is 33.9 Å². The molecule has 142 valence electrons. The highest BCUT2D eigenvalue weighted by Gasteiger charge is 2.55. The van der Waals surface area contributed by atoms with Gasteiger partial charge < -0.3 is 14.2 Å². The second kappa shape index (κ2) is 6.71. The summed E-state index contributed by atoms with van der Waals surface area (Å²) in [5.41, 5.74) is 3.18. The topological polar surface area (TPSA) is 30.9 Å². The van der Waals surface area contributed by atoms with Gasteiger partial charge in [0, 0.05) is 6.42 Å². The fourth-order valence-electron chi connectivity index (χ4n) is 4.63. The third-order valence-corrected chi connectivity index (χ3v) is 6.70. The molecule has 0 aromatic carbocycles. The molecule has 4 heteroatoms. The third kappa shape index (κ3) is 3.29. The molecular weight excluding hydrogens is 314 g/mol. The summed E-state index contributed by atoms with van der Waals surface area (Å²) < 4.78 is 17.5. The van der Waals surface area contributed by atoms with Crippen LogP contribution in [0.4, 0.5) is 0 Å². The Morgan fingerprint density at radius 3 is 2.28 bits per heavy atom. The minimum Gasteiger partial charge on any atom is -0.494 e. The quantitative estimate of drug-likeness (QED) is 0.655. The Hall–Kier alpha value is -0.840. The van der Waals surface area contributed by atoms with Crippen molar-refractivity contribution < 1.29 is 14.2 Å². The summed E-state index contributed by atoms with van der Waals surface area (Å²) in [6.07, 6.45) is 8.24. The first-order chi connectivity index (χ1) is 11.8. The predicted molar refractivity (Wildman–Crippen MR) is 100 cm³/mol. The predicted octanol–water partition coefficient (Wildman–Crippen LogP) is 4.27. The Kier molecular flexibility index (Phi) is 5.08. The van der Waals surface area contributed by atoms with E-state index in [1.165, 1.54) is 24.8 Å². The summed E-state index contributed by atoms with van der Waals surface area (Å²) in [5, 5.41) is 0. The lowest BCUT2D eigenvalue weighted by molar-refractivity contribution is -0.147. The lowest BCUT2D eigenvalue weighted by atomic mass is 9.76. The maximum atomic E-state index is 5.95. The van der Waals surface area contributed by atoms with E-state index in [0.29, 0.717) is 5.41 Å². The van der Waals surface area contributed by atoms with Gasteiger partial charge in [-0.05, 0) is 90.1 Å². The van der Waals surface area contributed by atoms with E-state index in [-0.39, 0.29) is 11.3 Å². The van der Waals surface area contributed by atoms with Crippen LogP contribution in [0.2, 0.25) is 0 Å². The minimum atomic E-state index is -0.365. The SMILES string of the molecule is CCOC1=C(C)C(C)(N(C)C)C(C2(CCCC3(C)OCCO3)CC2)=C1. The summed E-state index contributed by atoms with van der Waals surface area (Å²) in [4.78, 5) is 2.35. The molecule has 25 heavy (non-hydrogen) atoms. The number of rotatable bonds is 8. The molecule has 3 rings (SSSR count). The first kappa shape index (κ1) is 18.9. The molecule has 3 aliphatic rings. The lowest BCUT2D eigenvalue weighted by Crippen LogP contribution is -2.45. The van der Waals surface area contributed by atoms with Crippen LogP contribution in [0.1, 0.15) is 59.8 Å². The molecule has 1 heterocycles. The van der Waals surface area contributed by atoms with Gasteiger partial charge >= 0.3 is 0 Å². The first-order valence-corrected chi connectivity index (χ1v) is 9.80. The van der Waals surface area contributed by atoms with Crippen LogP contribution < -0.4 is 0 Å². The number of hydrogen-bond donors (Lipinski definition) is 0. The molecular formula is C21H35NO3. The van der Waals surface area contributed by atoms with Crippen molar-refractivity contribution >= 4 is 0 Å². The van der Waals surface area contributed by atoms with Crippen LogP contribution in [-0.4, -0.2) is 50.1 Å². The molecule has 2 fully saturated rings. The van der Waals surface area contributed by atoms with Gasteiger partial charge in [-0.25, -0.2) is 0 Å². The lowest BCUT2D eigenvalue weighted by Gasteiger charge is -2.40. The second-order valence-electron chi connectivity index (χ2n) is 8.41. The fraction of sp³-hybridized carbons (Fsp3) is 0.810. The second-order valence-corrected chi connectivity index (χ2v) is 8.41. The monoisotopic (exact) mass is 349 g/mol. The zero-order valence-electron chi connectivity index (χ0n) is 16.9. The van der Waals surface area contributed by atoms with Crippen LogP contribution in [0.25, 0.3) is 0 Å². The van der Waals surface area contributed by atoms with Crippen molar-refractivity contribution in [2.45, 2.75) is 71.1 Å². The zero-order chi connectivity index (χ0) is 18.3. The number of allylic oxidation sites excluding steroid dienone is 1. The molecule has 4 nitrogen and oxygen atoms in total. The molecule has 0 aromatic rings. The van der Waals surface area contributed by atoms with Crippen LogP contribution in [-0.2, 0) is 14.2 Å². The summed E-state index contributed by atoms with van der Waals surface area (Å²) in [5.74, 6) is 0.713. The Morgan fingerprint density at radius 1 is 1.12 bits per heavy atom. The van der Waals surface area contributed by atoms with Gasteiger partial charge in [0.05, 0.1) is 25.4 Å². The highest BCUT2D eigenvalue weighted by atomic mass is 16.7. The van der Waals surface area contributed by atoms with Crippen molar-refractivity contribution in [3.05, 3.63) is 23.0 Å². The van der Waals surface area contributed by atoms with Crippen molar-refractivity contribution in [2.24, 2.45) is 5.41 Å². The molecule has 1 saturated carbocycles. The Balaban J connectivity index is 1.73. The highest BCUT2D eigenvalue weighted by Crippen LogP contribution is 2.62. The molecule has 0 aromatic heterocycles. The van der Waals surface area contributed by atoms with Crippen molar-refractivity contribution in [1.82, 2.24) is 4.90 Å². The van der Waals surface area contributed by atoms with E-state index in [4.69, 9.17) is 14.2 Å². The smallest absolute Gasteiger partial charge is 0.165 e. The molecule has 1 unspecified atom stereocenters. The standard InChI is InChI=1S/C21H35NO3/c1-7-23-17-15-18(20(4,16(17)2)22(5)6)21(11-12-21)10-8-9-19(3)24-13-14-25-19/h15H,7-14H2,1-6H3.